The zero-order valence-corrected chi connectivity index (χ0v) is 20.9. The van der Waals surface area contributed by atoms with Crippen molar-refractivity contribution in [3.8, 4) is 0 Å². The molecule has 3 heterocycles. The summed E-state index contributed by atoms with van der Waals surface area (Å²) in [6, 6.07) is 4.16. The van der Waals surface area contributed by atoms with Gasteiger partial charge in [-0.05, 0) is 50.2 Å². The summed E-state index contributed by atoms with van der Waals surface area (Å²) in [7, 11) is 0. The molecule has 3 aliphatic rings. The molecule has 3 fully saturated rings. The van der Waals surface area contributed by atoms with Crippen molar-refractivity contribution < 1.29 is 9.59 Å². The Morgan fingerprint density at radius 3 is 2.44 bits per heavy atom. The van der Waals surface area contributed by atoms with Crippen LogP contribution in [0.3, 0.4) is 0 Å². The molecule has 1 saturated carbocycles. The molecule has 2 aliphatic heterocycles. The van der Waals surface area contributed by atoms with E-state index in [0.717, 1.165) is 58.2 Å². The first-order valence-electron chi connectivity index (χ1n) is 13.0. The van der Waals surface area contributed by atoms with Gasteiger partial charge in [0.2, 0.25) is 11.8 Å². The maximum Gasteiger partial charge on any atom is 0.246 e. The number of nitrogens with one attached hydrogen (secondary N) is 1. The van der Waals surface area contributed by atoms with Gasteiger partial charge in [-0.15, -0.1) is 11.3 Å². The van der Waals surface area contributed by atoms with Crippen molar-refractivity contribution in [3.05, 3.63) is 21.9 Å². The van der Waals surface area contributed by atoms with Gasteiger partial charge in [0, 0.05) is 35.9 Å². The van der Waals surface area contributed by atoms with Gasteiger partial charge >= 0.3 is 0 Å². The van der Waals surface area contributed by atoms with E-state index < -0.39 is 5.54 Å². The number of unbranched alkanes of at least 4 members (excludes halogenated alkanes) is 1. The summed E-state index contributed by atoms with van der Waals surface area (Å²) in [4.78, 5) is 34.5. The van der Waals surface area contributed by atoms with E-state index in [0.29, 0.717) is 12.5 Å². The number of rotatable bonds is 8. The number of carbonyl (C=O) groups is 2. The van der Waals surface area contributed by atoms with Crippen LogP contribution in [0.25, 0.3) is 0 Å². The van der Waals surface area contributed by atoms with Gasteiger partial charge in [-0.3, -0.25) is 14.5 Å². The van der Waals surface area contributed by atoms with Gasteiger partial charge in [0.1, 0.15) is 11.6 Å². The Bertz CT molecular complexity index is 778. The summed E-state index contributed by atoms with van der Waals surface area (Å²) in [5.41, 5.74) is -0.643. The number of aryl methyl sites for hydroxylation is 1. The zero-order valence-electron chi connectivity index (χ0n) is 20.0. The molecule has 6 heteroatoms. The third kappa shape index (κ3) is 5.06. The van der Waals surface area contributed by atoms with Crippen LogP contribution in [0.2, 0.25) is 0 Å². The monoisotopic (exact) mass is 459 g/mol. The molecule has 1 spiro atoms. The van der Waals surface area contributed by atoms with E-state index in [1.807, 2.05) is 16.2 Å². The van der Waals surface area contributed by atoms with E-state index in [1.165, 1.54) is 41.9 Å². The maximum atomic E-state index is 13.6. The van der Waals surface area contributed by atoms with Gasteiger partial charge in [-0.2, -0.15) is 0 Å². The fraction of sp³-hybridized carbons (Fsp3) is 0.769. The molecule has 0 radical (unpaired) electrons. The minimum atomic E-state index is -0.643. The number of hydrogen-bond acceptors (Lipinski definition) is 4. The maximum absolute atomic E-state index is 13.6. The number of likely N-dealkylation sites (tertiary alicyclic amines) is 1. The molecular weight excluding hydrogens is 418 g/mol. The van der Waals surface area contributed by atoms with Crippen molar-refractivity contribution in [3.63, 3.8) is 0 Å². The number of thiophene rings is 1. The topological polar surface area (TPSA) is 52.7 Å². The summed E-state index contributed by atoms with van der Waals surface area (Å²) in [6.07, 6.45) is 11.7. The van der Waals surface area contributed by atoms with Crippen LogP contribution in [0, 0.1) is 5.92 Å². The molecule has 2 amide bonds. The molecule has 1 unspecified atom stereocenters. The third-order valence-electron chi connectivity index (χ3n) is 7.97. The standard InChI is InChI=1S/C26H41N3O2S/c1-3-5-15-29-24(30)23(18-20-9-7-6-8-10-20)27-25(31)26(29)13-16-28(17-14-26)19-22-12-11-21(4-2)32-22/h11-12,20,23H,3-10,13-19H2,1-2H3,(H,27,31). The SMILES string of the molecule is CCCCN1C(=O)C(CC2CCCCC2)NC(=O)C12CCN(Cc1ccc(CC)s1)CC2. The van der Waals surface area contributed by atoms with Crippen molar-refractivity contribution in [2.24, 2.45) is 5.92 Å². The van der Waals surface area contributed by atoms with Gasteiger partial charge in [0.25, 0.3) is 0 Å². The van der Waals surface area contributed by atoms with Gasteiger partial charge in [0.15, 0.2) is 0 Å². The second-order valence-corrected chi connectivity index (χ2v) is 11.4. The highest BCUT2D eigenvalue weighted by atomic mass is 32.1. The Morgan fingerprint density at radius 2 is 1.78 bits per heavy atom. The third-order valence-corrected chi connectivity index (χ3v) is 9.18. The number of piperidine rings is 1. The second-order valence-electron chi connectivity index (χ2n) is 10.1. The fourth-order valence-electron chi connectivity index (χ4n) is 5.93. The number of carbonyl (C=O) groups excluding carboxylic acids is 2. The molecule has 1 N–H and O–H groups in total. The van der Waals surface area contributed by atoms with E-state index in [9.17, 15) is 9.59 Å². The van der Waals surface area contributed by atoms with Crippen molar-refractivity contribution in [1.29, 1.82) is 0 Å². The average molecular weight is 460 g/mol. The first-order valence-corrected chi connectivity index (χ1v) is 13.8. The normalized spacial score (nSPS) is 24.8. The van der Waals surface area contributed by atoms with Crippen LogP contribution in [-0.2, 0) is 22.6 Å². The minimum Gasteiger partial charge on any atom is -0.342 e. The predicted molar refractivity (Wildman–Crippen MR) is 131 cm³/mol. The van der Waals surface area contributed by atoms with E-state index in [4.69, 9.17) is 0 Å². The largest absolute Gasteiger partial charge is 0.342 e. The Labute approximate surface area is 197 Å². The summed E-state index contributed by atoms with van der Waals surface area (Å²) in [5.74, 6) is 0.877. The number of hydrogen-bond donors (Lipinski definition) is 1. The van der Waals surface area contributed by atoms with Gasteiger partial charge in [-0.1, -0.05) is 52.4 Å². The number of amides is 2. The highest BCUT2D eigenvalue weighted by Crippen LogP contribution is 2.36. The fourth-order valence-corrected chi connectivity index (χ4v) is 6.93. The summed E-state index contributed by atoms with van der Waals surface area (Å²) in [5, 5.41) is 3.21. The average Bonchev–Trinajstić information content (AvgIpc) is 3.27. The van der Waals surface area contributed by atoms with Crippen LogP contribution in [-0.4, -0.2) is 52.8 Å². The predicted octanol–water partition coefficient (Wildman–Crippen LogP) is 4.74. The Balaban J connectivity index is 1.43. The Hall–Kier alpha value is -1.40. The highest BCUT2D eigenvalue weighted by Gasteiger charge is 2.53. The van der Waals surface area contributed by atoms with Crippen molar-refractivity contribution in [1.82, 2.24) is 15.1 Å². The molecule has 0 aromatic carbocycles. The molecule has 178 valence electrons. The van der Waals surface area contributed by atoms with Crippen LogP contribution in [0.4, 0.5) is 0 Å². The highest BCUT2D eigenvalue weighted by molar-refractivity contribution is 7.11. The molecule has 2 saturated heterocycles. The molecule has 1 aliphatic carbocycles. The molecule has 0 bridgehead atoms. The quantitative estimate of drug-likeness (QED) is 0.611. The molecule has 1 aromatic rings. The van der Waals surface area contributed by atoms with E-state index in [2.05, 4.69) is 36.2 Å². The number of nitrogens with zero attached hydrogens (tertiary/aromatic N) is 2. The molecule has 5 nitrogen and oxygen atoms in total. The van der Waals surface area contributed by atoms with Crippen molar-refractivity contribution in [2.75, 3.05) is 19.6 Å². The van der Waals surface area contributed by atoms with Gasteiger partial charge in [-0.25, -0.2) is 0 Å². The Morgan fingerprint density at radius 1 is 1.06 bits per heavy atom. The molecule has 4 rings (SSSR count). The lowest BCUT2D eigenvalue weighted by Gasteiger charge is -2.52. The number of piperazine rings is 1. The summed E-state index contributed by atoms with van der Waals surface area (Å²) in [6.45, 7) is 7.77. The molecule has 32 heavy (non-hydrogen) atoms. The second kappa shape index (κ2) is 10.7. The van der Waals surface area contributed by atoms with E-state index >= 15 is 0 Å². The van der Waals surface area contributed by atoms with Crippen LogP contribution < -0.4 is 5.32 Å². The first-order chi connectivity index (χ1) is 15.6. The minimum absolute atomic E-state index is 0.109. The van der Waals surface area contributed by atoms with E-state index in [1.54, 1.807) is 0 Å². The lowest BCUT2D eigenvalue weighted by atomic mass is 9.79. The van der Waals surface area contributed by atoms with Crippen molar-refractivity contribution in [2.45, 2.75) is 103 Å². The molecule has 1 atom stereocenters. The van der Waals surface area contributed by atoms with Crippen LogP contribution in [0.15, 0.2) is 12.1 Å². The van der Waals surface area contributed by atoms with Crippen LogP contribution in [0.5, 0.6) is 0 Å². The lowest BCUT2D eigenvalue weighted by Crippen LogP contribution is -2.73. The van der Waals surface area contributed by atoms with Crippen molar-refractivity contribution >= 4 is 23.2 Å². The smallest absolute Gasteiger partial charge is 0.246 e. The van der Waals surface area contributed by atoms with E-state index in [-0.39, 0.29) is 17.9 Å². The summed E-state index contributed by atoms with van der Waals surface area (Å²) < 4.78 is 0. The van der Waals surface area contributed by atoms with Gasteiger partial charge < -0.3 is 10.2 Å². The summed E-state index contributed by atoms with van der Waals surface area (Å²) >= 11 is 1.90. The van der Waals surface area contributed by atoms with Gasteiger partial charge in [0.05, 0.1) is 0 Å². The lowest BCUT2D eigenvalue weighted by molar-refractivity contribution is -0.162. The first kappa shape index (κ1) is 23.7. The van der Waals surface area contributed by atoms with Crippen LogP contribution in [0.1, 0.15) is 87.8 Å². The zero-order chi connectivity index (χ0) is 22.6. The molecular formula is C26H41N3O2S. The molecule has 1 aromatic heterocycles. The Kier molecular flexibility index (Phi) is 7.93. The van der Waals surface area contributed by atoms with Crippen LogP contribution >= 0.6 is 11.3 Å².